The summed E-state index contributed by atoms with van der Waals surface area (Å²) in [5.74, 6) is 3.15. The van der Waals surface area contributed by atoms with Crippen LogP contribution in [0.15, 0.2) is 11.6 Å². The predicted octanol–water partition coefficient (Wildman–Crippen LogP) is 7.97. The second-order valence-corrected chi connectivity index (χ2v) is 19.5. The van der Waals surface area contributed by atoms with E-state index in [2.05, 4.69) is 74.6 Å². The van der Waals surface area contributed by atoms with Gasteiger partial charge in [0.1, 0.15) is 0 Å². The summed E-state index contributed by atoms with van der Waals surface area (Å²) in [6.45, 7) is 24.1. The molecule has 0 amide bonds. The fourth-order valence-corrected chi connectivity index (χ4v) is 10.4. The Balaban J connectivity index is 1.58. The van der Waals surface area contributed by atoms with Crippen LogP contribution in [0.5, 0.6) is 0 Å². The molecule has 4 aliphatic rings. The molecule has 2 nitrogen and oxygen atoms in total. The molecule has 32 heavy (non-hydrogen) atoms. The highest BCUT2D eigenvalue weighted by molar-refractivity contribution is 6.74. The average molecular weight is 461 g/mol. The highest BCUT2D eigenvalue weighted by atomic mass is 28.4. The maximum Gasteiger partial charge on any atom is 0.192 e. The van der Waals surface area contributed by atoms with Gasteiger partial charge in [0, 0.05) is 11.5 Å². The summed E-state index contributed by atoms with van der Waals surface area (Å²) in [6, 6.07) is 0. The molecule has 184 valence electrons. The number of hydrogen-bond acceptors (Lipinski definition) is 2. The second kappa shape index (κ2) is 7.69. The van der Waals surface area contributed by atoms with Gasteiger partial charge in [-0.05, 0) is 105 Å². The van der Waals surface area contributed by atoms with Crippen molar-refractivity contribution in [2.24, 2.45) is 39.9 Å². The van der Waals surface area contributed by atoms with E-state index >= 15 is 0 Å². The lowest BCUT2D eigenvalue weighted by atomic mass is 9.44. The molecule has 0 spiro atoms. The summed E-state index contributed by atoms with van der Waals surface area (Å²) in [5, 5.41) is 11.0. The molecule has 0 bridgehead atoms. The van der Waals surface area contributed by atoms with Gasteiger partial charge in [-0.2, -0.15) is 0 Å². The van der Waals surface area contributed by atoms with Crippen molar-refractivity contribution < 1.29 is 9.53 Å². The van der Waals surface area contributed by atoms with Gasteiger partial charge in [0.2, 0.25) is 0 Å². The summed E-state index contributed by atoms with van der Waals surface area (Å²) in [5.41, 5.74) is 2.23. The Morgan fingerprint density at radius 1 is 1.00 bits per heavy atom. The van der Waals surface area contributed by atoms with E-state index in [1.165, 1.54) is 38.5 Å². The molecule has 0 aromatic heterocycles. The molecule has 4 rings (SSSR count). The molecule has 0 heterocycles. The van der Waals surface area contributed by atoms with Gasteiger partial charge in [-0.1, -0.05) is 60.1 Å². The van der Waals surface area contributed by atoms with Gasteiger partial charge in [0.15, 0.2) is 8.32 Å². The minimum absolute atomic E-state index is 0.0670. The Morgan fingerprint density at radius 2 is 1.66 bits per heavy atom. The van der Waals surface area contributed by atoms with Crippen LogP contribution >= 0.6 is 0 Å². The zero-order valence-corrected chi connectivity index (χ0v) is 23.8. The minimum Gasteiger partial charge on any atom is -0.414 e. The van der Waals surface area contributed by atoms with Crippen LogP contribution in [-0.4, -0.2) is 25.6 Å². The van der Waals surface area contributed by atoms with Crippen LogP contribution in [0.3, 0.4) is 0 Å². The number of aliphatic hydroxyl groups is 1. The Labute approximate surface area is 200 Å². The Hall–Kier alpha value is -0.123. The van der Waals surface area contributed by atoms with E-state index in [0.29, 0.717) is 17.4 Å². The van der Waals surface area contributed by atoms with Gasteiger partial charge in [-0.15, -0.1) is 0 Å². The molecule has 0 radical (unpaired) electrons. The van der Waals surface area contributed by atoms with Crippen LogP contribution < -0.4 is 0 Å². The van der Waals surface area contributed by atoms with Crippen molar-refractivity contribution in [2.45, 2.75) is 131 Å². The van der Waals surface area contributed by atoms with Crippen molar-refractivity contribution in [3.05, 3.63) is 11.6 Å². The average Bonchev–Trinajstić information content (AvgIpc) is 3.01. The SMILES string of the molecule is CC(O[Si](C)(C)C(C)(C)C)[C@H]1CC[C@H]2[C@@H]3CC=C4C(C)(C)C(O)CC[C@]4(C)[C@H]3CC[C@]12C. The van der Waals surface area contributed by atoms with E-state index in [1.54, 1.807) is 5.57 Å². The summed E-state index contributed by atoms with van der Waals surface area (Å²) in [4.78, 5) is 0. The Kier molecular flexibility index (Phi) is 6.00. The molecular weight excluding hydrogens is 408 g/mol. The van der Waals surface area contributed by atoms with E-state index in [9.17, 15) is 5.11 Å². The van der Waals surface area contributed by atoms with E-state index in [0.717, 1.165) is 24.2 Å². The van der Waals surface area contributed by atoms with Crippen molar-refractivity contribution in [3.8, 4) is 0 Å². The highest BCUT2D eigenvalue weighted by Crippen LogP contribution is 2.68. The van der Waals surface area contributed by atoms with E-state index in [1.807, 2.05) is 0 Å². The largest absolute Gasteiger partial charge is 0.414 e. The fraction of sp³-hybridized carbons (Fsp3) is 0.931. The van der Waals surface area contributed by atoms with Crippen molar-refractivity contribution in [1.29, 1.82) is 0 Å². The van der Waals surface area contributed by atoms with E-state index in [-0.39, 0.29) is 22.0 Å². The molecule has 3 saturated carbocycles. The fourth-order valence-electron chi connectivity index (χ4n) is 8.93. The van der Waals surface area contributed by atoms with Gasteiger partial charge in [0.05, 0.1) is 6.10 Å². The predicted molar refractivity (Wildman–Crippen MR) is 138 cm³/mol. The molecule has 0 saturated heterocycles. The van der Waals surface area contributed by atoms with Gasteiger partial charge in [0.25, 0.3) is 0 Å². The second-order valence-electron chi connectivity index (χ2n) is 14.7. The third-order valence-electron chi connectivity index (χ3n) is 11.9. The Bertz CT molecular complexity index is 762. The molecule has 3 heteroatoms. The summed E-state index contributed by atoms with van der Waals surface area (Å²) in [6.07, 6.45) is 11.6. The molecule has 0 aliphatic heterocycles. The lowest BCUT2D eigenvalue weighted by Gasteiger charge is -2.61. The number of allylic oxidation sites excluding steroid dienone is 1. The topological polar surface area (TPSA) is 29.5 Å². The first kappa shape index (κ1) is 25.0. The number of hydrogen-bond donors (Lipinski definition) is 1. The zero-order chi connectivity index (χ0) is 23.9. The third-order valence-corrected chi connectivity index (χ3v) is 16.4. The van der Waals surface area contributed by atoms with Crippen LogP contribution in [0.4, 0.5) is 0 Å². The van der Waals surface area contributed by atoms with Crippen LogP contribution in [0.1, 0.15) is 100 Å². The molecular formula is C29H52O2Si. The van der Waals surface area contributed by atoms with Gasteiger partial charge < -0.3 is 9.53 Å². The summed E-state index contributed by atoms with van der Waals surface area (Å²) in [7, 11) is -1.75. The molecule has 0 aromatic carbocycles. The number of rotatable bonds is 3. The zero-order valence-electron chi connectivity index (χ0n) is 22.8. The quantitative estimate of drug-likeness (QED) is 0.342. The summed E-state index contributed by atoms with van der Waals surface area (Å²) >= 11 is 0. The van der Waals surface area contributed by atoms with Crippen LogP contribution in [-0.2, 0) is 4.43 Å². The van der Waals surface area contributed by atoms with Crippen molar-refractivity contribution in [2.75, 3.05) is 0 Å². The Morgan fingerprint density at radius 3 is 2.28 bits per heavy atom. The van der Waals surface area contributed by atoms with E-state index < -0.39 is 8.32 Å². The van der Waals surface area contributed by atoms with Gasteiger partial charge in [-0.3, -0.25) is 0 Å². The number of fused-ring (bicyclic) bond motifs is 5. The molecule has 4 aliphatic carbocycles. The smallest absolute Gasteiger partial charge is 0.192 e. The monoisotopic (exact) mass is 460 g/mol. The van der Waals surface area contributed by atoms with Crippen LogP contribution in [0.25, 0.3) is 0 Å². The normalized spacial score (nSPS) is 44.8. The first-order chi connectivity index (χ1) is 14.6. The first-order valence-corrected chi connectivity index (χ1v) is 16.5. The van der Waals surface area contributed by atoms with Gasteiger partial charge >= 0.3 is 0 Å². The van der Waals surface area contributed by atoms with Crippen molar-refractivity contribution in [1.82, 2.24) is 0 Å². The van der Waals surface area contributed by atoms with Crippen LogP contribution in [0.2, 0.25) is 18.1 Å². The molecule has 8 atom stereocenters. The summed E-state index contributed by atoms with van der Waals surface area (Å²) < 4.78 is 6.98. The molecule has 3 fully saturated rings. The van der Waals surface area contributed by atoms with Crippen molar-refractivity contribution >= 4 is 8.32 Å². The maximum absolute atomic E-state index is 10.8. The van der Waals surface area contributed by atoms with Crippen molar-refractivity contribution in [3.63, 3.8) is 0 Å². The van der Waals surface area contributed by atoms with Crippen LogP contribution in [0, 0.1) is 39.9 Å². The molecule has 0 aromatic rings. The molecule has 1 N–H and O–H groups in total. The molecule has 2 unspecified atom stereocenters. The standard InChI is InChI=1S/C29H52O2Si/c1-19(31-32(9,10)26(2,3)4)21-12-13-22-20-11-14-24-27(5,6)25(30)16-18-29(24,8)23(20)15-17-28(21,22)7/h14,19-23,25,30H,11-13,15-18H2,1-10H3/t19?,20-,21+,22-,23-,25?,28+,29+/m0/s1. The minimum atomic E-state index is -1.75. The van der Waals surface area contributed by atoms with Gasteiger partial charge in [-0.25, -0.2) is 0 Å². The number of aliphatic hydroxyl groups excluding tert-OH is 1. The lowest BCUT2D eigenvalue weighted by Crippen LogP contribution is -2.55. The third kappa shape index (κ3) is 3.54. The highest BCUT2D eigenvalue weighted by Gasteiger charge is 2.61. The van der Waals surface area contributed by atoms with E-state index in [4.69, 9.17) is 4.43 Å². The maximum atomic E-state index is 10.8. The first-order valence-electron chi connectivity index (χ1n) is 13.6. The lowest BCUT2D eigenvalue weighted by molar-refractivity contribution is -0.0832.